The van der Waals surface area contributed by atoms with Crippen molar-refractivity contribution in [3.05, 3.63) is 0 Å². The van der Waals surface area contributed by atoms with Crippen molar-refractivity contribution in [2.24, 2.45) is 0 Å². The Hall–Kier alpha value is -0.530. The van der Waals surface area contributed by atoms with Crippen LogP contribution in [-0.4, -0.2) is 12.6 Å². The zero-order valence-corrected chi connectivity index (χ0v) is 38.7. The summed E-state index contributed by atoms with van der Waals surface area (Å²) in [6, 6.07) is 0. The Balaban J connectivity index is 3.13. The Kier molecular flexibility index (Phi) is 51.0. The molecule has 0 atom stereocenters. The highest BCUT2D eigenvalue weighted by Crippen LogP contribution is 2.18. The number of esters is 1. The summed E-state index contributed by atoms with van der Waals surface area (Å²) in [6.07, 6.45) is 68.4. The van der Waals surface area contributed by atoms with Crippen LogP contribution in [0.2, 0.25) is 0 Å². The van der Waals surface area contributed by atoms with Gasteiger partial charge in [-0.15, -0.1) is 0 Å². The molecule has 0 aromatic rings. The Labute approximate surface area is 349 Å². The van der Waals surface area contributed by atoms with Crippen molar-refractivity contribution in [2.75, 3.05) is 6.61 Å². The molecule has 55 heavy (non-hydrogen) atoms. The summed E-state index contributed by atoms with van der Waals surface area (Å²) >= 11 is 0. The summed E-state index contributed by atoms with van der Waals surface area (Å²) < 4.78 is 5.49. The molecule has 0 saturated heterocycles. The molecule has 0 aliphatic rings. The third-order valence-corrected chi connectivity index (χ3v) is 12.5. The van der Waals surface area contributed by atoms with Crippen molar-refractivity contribution in [3.63, 3.8) is 0 Å². The molecular weight excluding hydrogens is 669 g/mol. The van der Waals surface area contributed by atoms with Crippen LogP contribution in [-0.2, 0) is 9.53 Å². The van der Waals surface area contributed by atoms with Crippen LogP contribution < -0.4 is 0 Å². The summed E-state index contributed by atoms with van der Waals surface area (Å²) in [5, 5.41) is 0. The van der Waals surface area contributed by atoms with E-state index in [0.29, 0.717) is 13.0 Å². The van der Waals surface area contributed by atoms with Gasteiger partial charge in [0.1, 0.15) is 0 Å². The van der Waals surface area contributed by atoms with E-state index in [1.165, 1.54) is 295 Å². The summed E-state index contributed by atoms with van der Waals surface area (Å²) in [5.41, 5.74) is 0. The first-order valence-electron chi connectivity index (χ1n) is 26.5. The lowest BCUT2D eigenvalue weighted by molar-refractivity contribution is -0.143. The van der Waals surface area contributed by atoms with Gasteiger partial charge in [0, 0.05) is 6.42 Å². The first-order valence-corrected chi connectivity index (χ1v) is 26.5. The van der Waals surface area contributed by atoms with Gasteiger partial charge in [-0.05, 0) is 12.8 Å². The van der Waals surface area contributed by atoms with E-state index in [4.69, 9.17) is 4.74 Å². The van der Waals surface area contributed by atoms with Crippen LogP contribution in [0.15, 0.2) is 0 Å². The molecular formula is C53H106O2. The molecule has 0 saturated carbocycles. The van der Waals surface area contributed by atoms with Crippen molar-refractivity contribution >= 4 is 5.97 Å². The fraction of sp³-hybridized carbons (Fsp3) is 0.981. The number of carbonyl (C=O) groups is 1. The highest BCUT2D eigenvalue weighted by Gasteiger charge is 2.03. The van der Waals surface area contributed by atoms with Gasteiger partial charge in [-0.3, -0.25) is 4.79 Å². The van der Waals surface area contributed by atoms with Gasteiger partial charge in [0.15, 0.2) is 0 Å². The van der Waals surface area contributed by atoms with Crippen molar-refractivity contribution in [1.29, 1.82) is 0 Å². The number of hydrogen-bond acceptors (Lipinski definition) is 2. The Bertz CT molecular complexity index is 673. The minimum absolute atomic E-state index is 0.0334. The Morgan fingerprint density at radius 1 is 0.236 bits per heavy atom. The average Bonchev–Trinajstić information content (AvgIpc) is 3.19. The van der Waals surface area contributed by atoms with E-state index in [9.17, 15) is 4.79 Å². The first-order chi connectivity index (χ1) is 27.3. The van der Waals surface area contributed by atoms with E-state index >= 15 is 0 Å². The van der Waals surface area contributed by atoms with Gasteiger partial charge in [-0.1, -0.05) is 309 Å². The smallest absolute Gasteiger partial charge is 0.305 e. The first kappa shape index (κ1) is 54.5. The second-order valence-electron chi connectivity index (χ2n) is 18.2. The molecule has 0 fully saturated rings. The zero-order valence-electron chi connectivity index (χ0n) is 38.7. The van der Waals surface area contributed by atoms with Crippen molar-refractivity contribution in [1.82, 2.24) is 0 Å². The van der Waals surface area contributed by atoms with Crippen LogP contribution in [0, 0.1) is 0 Å². The van der Waals surface area contributed by atoms with Gasteiger partial charge in [0.05, 0.1) is 6.61 Å². The third kappa shape index (κ3) is 51.5. The van der Waals surface area contributed by atoms with Crippen LogP contribution in [0.25, 0.3) is 0 Å². The van der Waals surface area contributed by atoms with Gasteiger partial charge in [0.25, 0.3) is 0 Å². The van der Waals surface area contributed by atoms with Crippen LogP contribution in [0.4, 0.5) is 0 Å². The molecule has 0 unspecified atom stereocenters. The van der Waals surface area contributed by atoms with E-state index < -0.39 is 0 Å². The molecule has 0 aromatic carbocycles. The Morgan fingerprint density at radius 3 is 0.600 bits per heavy atom. The molecule has 0 rings (SSSR count). The van der Waals surface area contributed by atoms with E-state index in [1.807, 2.05) is 0 Å². The molecule has 2 heteroatoms. The molecule has 0 amide bonds. The summed E-state index contributed by atoms with van der Waals surface area (Å²) in [6.45, 7) is 5.24. The molecule has 2 nitrogen and oxygen atoms in total. The normalized spacial score (nSPS) is 11.5. The number of unbranched alkanes of at least 4 members (excludes halogenated alkanes) is 46. The highest BCUT2D eigenvalue weighted by atomic mass is 16.5. The molecule has 0 aromatic heterocycles. The number of hydrogen-bond donors (Lipinski definition) is 0. The minimum Gasteiger partial charge on any atom is -0.466 e. The molecule has 0 aliphatic heterocycles. The molecule has 0 heterocycles. The molecule has 0 aliphatic carbocycles. The molecule has 0 bridgehead atoms. The Morgan fingerprint density at radius 2 is 0.400 bits per heavy atom. The van der Waals surface area contributed by atoms with Gasteiger partial charge in [-0.2, -0.15) is 0 Å². The maximum Gasteiger partial charge on any atom is 0.305 e. The lowest BCUT2D eigenvalue weighted by Crippen LogP contribution is -2.05. The van der Waals surface area contributed by atoms with Crippen LogP contribution >= 0.6 is 0 Å². The van der Waals surface area contributed by atoms with Gasteiger partial charge < -0.3 is 4.74 Å². The monoisotopic (exact) mass is 775 g/mol. The van der Waals surface area contributed by atoms with E-state index in [1.54, 1.807) is 0 Å². The topological polar surface area (TPSA) is 26.3 Å². The quantitative estimate of drug-likeness (QED) is 0.0454. The summed E-state index contributed by atoms with van der Waals surface area (Å²) in [7, 11) is 0. The second-order valence-corrected chi connectivity index (χ2v) is 18.2. The fourth-order valence-electron chi connectivity index (χ4n) is 8.55. The van der Waals surface area contributed by atoms with Gasteiger partial charge in [0.2, 0.25) is 0 Å². The zero-order chi connectivity index (χ0) is 39.6. The standard InChI is InChI=1S/C53H106O2/c1-3-5-7-9-11-13-15-17-19-20-21-22-23-24-25-26-27-28-29-30-31-32-33-34-35-36-37-39-41-43-45-47-49-51-53(54)55-52-50-48-46-44-42-40-38-18-16-14-12-10-8-6-4-2/h3-52H2,1-2H3. The summed E-state index contributed by atoms with van der Waals surface area (Å²) in [5.74, 6) is 0.0334. The molecule has 330 valence electrons. The number of ether oxygens (including phenoxy) is 1. The van der Waals surface area contributed by atoms with E-state index in [2.05, 4.69) is 13.8 Å². The lowest BCUT2D eigenvalue weighted by Gasteiger charge is -2.06. The van der Waals surface area contributed by atoms with Gasteiger partial charge in [-0.25, -0.2) is 0 Å². The predicted octanol–water partition coefficient (Wildman–Crippen LogP) is 19.7. The highest BCUT2D eigenvalue weighted by molar-refractivity contribution is 5.69. The van der Waals surface area contributed by atoms with E-state index in [-0.39, 0.29) is 5.97 Å². The number of rotatable bonds is 50. The maximum absolute atomic E-state index is 12.0. The van der Waals surface area contributed by atoms with Crippen molar-refractivity contribution < 1.29 is 9.53 Å². The van der Waals surface area contributed by atoms with Crippen molar-refractivity contribution in [3.8, 4) is 0 Å². The molecule has 0 N–H and O–H groups in total. The summed E-state index contributed by atoms with van der Waals surface area (Å²) in [4.78, 5) is 12.0. The predicted molar refractivity (Wildman–Crippen MR) is 249 cm³/mol. The molecule has 0 radical (unpaired) electrons. The lowest BCUT2D eigenvalue weighted by atomic mass is 10.0. The van der Waals surface area contributed by atoms with Crippen molar-refractivity contribution in [2.45, 2.75) is 328 Å². The SMILES string of the molecule is CCCCCCCCCCCCCCCCCCCCCCCCCCCCCCCCCCCC(=O)OCCCCCCCCCCCCCCCCC. The van der Waals surface area contributed by atoms with Crippen LogP contribution in [0.5, 0.6) is 0 Å². The second kappa shape index (κ2) is 51.5. The third-order valence-electron chi connectivity index (χ3n) is 12.5. The molecule has 0 spiro atoms. The van der Waals surface area contributed by atoms with Crippen LogP contribution in [0.1, 0.15) is 328 Å². The minimum atomic E-state index is 0.0334. The van der Waals surface area contributed by atoms with Gasteiger partial charge >= 0.3 is 5.97 Å². The van der Waals surface area contributed by atoms with E-state index in [0.717, 1.165) is 12.8 Å². The average molecular weight is 775 g/mol. The fourth-order valence-corrected chi connectivity index (χ4v) is 8.55. The maximum atomic E-state index is 12.0. The largest absolute Gasteiger partial charge is 0.466 e. The van der Waals surface area contributed by atoms with Crippen LogP contribution in [0.3, 0.4) is 0 Å². The number of carbonyl (C=O) groups excluding carboxylic acids is 1.